The van der Waals surface area contributed by atoms with Gasteiger partial charge in [0.25, 0.3) is 5.91 Å². The second kappa shape index (κ2) is 6.32. The van der Waals surface area contributed by atoms with Crippen LogP contribution < -0.4 is 10.6 Å². The molecule has 1 atom stereocenters. The van der Waals surface area contributed by atoms with E-state index >= 15 is 0 Å². The largest absolute Gasteiger partial charge is 0.354 e. The maximum atomic E-state index is 12.5. The molecule has 3 rings (SSSR count). The lowest BCUT2D eigenvalue weighted by atomic mass is 10.0. The van der Waals surface area contributed by atoms with Crippen molar-refractivity contribution >= 4 is 23.2 Å². The van der Waals surface area contributed by atoms with Crippen LogP contribution in [0, 0.1) is 6.92 Å². The van der Waals surface area contributed by atoms with Crippen LogP contribution in [0.5, 0.6) is 0 Å². The third-order valence-corrected chi connectivity index (χ3v) is 4.74. The van der Waals surface area contributed by atoms with E-state index in [0.29, 0.717) is 17.8 Å². The van der Waals surface area contributed by atoms with Crippen LogP contribution in [0.4, 0.5) is 0 Å². The quantitative estimate of drug-likeness (QED) is 0.915. The number of carbonyl (C=O) groups excluding carboxylic acids is 2. The first-order chi connectivity index (χ1) is 10.6. The van der Waals surface area contributed by atoms with Gasteiger partial charge in [0.1, 0.15) is 6.04 Å². The van der Waals surface area contributed by atoms with Gasteiger partial charge in [-0.2, -0.15) is 0 Å². The number of rotatable bonds is 3. The van der Waals surface area contributed by atoms with E-state index in [1.807, 2.05) is 42.6 Å². The molecule has 1 fully saturated rings. The highest BCUT2D eigenvalue weighted by Gasteiger charge is 2.25. The molecule has 2 N–H and O–H groups in total. The smallest absolute Gasteiger partial charge is 0.262 e. The summed E-state index contributed by atoms with van der Waals surface area (Å²) < 4.78 is 0. The molecule has 1 saturated heterocycles. The Morgan fingerprint density at radius 3 is 2.77 bits per heavy atom. The minimum atomic E-state index is -0.422. The van der Waals surface area contributed by atoms with Crippen LogP contribution in [0.3, 0.4) is 0 Å². The summed E-state index contributed by atoms with van der Waals surface area (Å²) in [5, 5.41) is 7.54. The molecule has 22 heavy (non-hydrogen) atoms. The van der Waals surface area contributed by atoms with E-state index in [1.54, 1.807) is 0 Å². The van der Waals surface area contributed by atoms with E-state index < -0.39 is 6.04 Å². The Labute approximate surface area is 133 Å². The topological polar surface area (TPSA) is 58.2 Å². The van der Waals surface area contributed by atoms with Gasteiger partial charge in [0.05, 0.1) is 4.88 Å². The molecule has 2 heterocycles. The number of hydrogen-bond acceptors (Lipinski definition) is 3. The maximum absolute atomic E-state index is 12.5. The second-order valence-electron chi connectivity index (χ2n) is 5.49. The summed E-state index contributed by atoms with van der Waals surface area (Å²) in [4.78, 5) is 24.9. The summed E-state index contributed by atoms with van der Waals surface area (Å²) in [6.45, 7) is 2.73. The number of thiophene rings is 1. The standard InChI is InChI=1S/C17H18N2O2S/c1-11-4-6-12(7-5-11)13-8-10-22-15(13)17(21)19-14-3-2-9-18-16(14)20/h4-8,10,14H,2-3,9H2,1H3,(H,18,20)(H,19,21)/t14-/m0/s1. The van der Waals surface area contributed by atoms with Gasteiger partial charge < -0.3 is 10.6 Å². The monoisotopic (exact) mass is 314 g/mol. The lowest BCUT2D eigenvalue weighted by molar-refractivity contribution is -0.124. The lowest BCUT2D eigenvalue weighted by Crippen LogP contribution is -2.50. The van der Waals surface area contributed by atoms with Crippen molar-refractivity contribution < 1.29 is 9.59 Å². The molecule has 1 aliphatic heterocycles. The summed E-state index contributed by atoms with van der Waals surface area (Å²) in [7, 11) is 0. The molecule has 2 amide bonds. The van der Waals surface area contributed by atoms with Crippen molar-refractivity contribution in [3.63, 3.8) is 0 Å². The average Bonchev–Trinajstić information content (AvgIpc) is 3.00. The van der Waals surface area contributed by atoms with Crippen molar-refractivity contribution in [3.05, 3.63) is 46.2 Å². The second-order valence-corrected chi connectivity index (χ2v) is 6.40. The number of piperidine rings is 1. The summed E-state index contributed by atoms with van der Waals surface area (Å²) in [6.07, 6.45) is 1.59. The van der Waals surface area contributed by atoms with Gasteiger partial charge in [0.15, 0.2) is 0 Å². The Kier molecular flexibility index (Phi) is 4.24. The van der Waals surface area contributed by atoms with E-state index in [4.69, 9.17) is 0 Å². The number of aryl methyl sites for hydroxylation is 1. The van der Waals surface area contributed by atoms with Crippen LogP contribution in [-0.2, 0) is 4.79 Å². The average molecular weight is 314 g/mol. The first kappa shape index (κ1) is 14.8. The summed E-state index contributed by atoms with van der Waals surface area (Å²) in [6, 6.07) is 9.62. The number of benzene rings is 1. The Hall–Kier alpha value is -2.14. The van der Waals surface area contributed by atoms with Crippen molar-refractivity contribution in [2.75, 3.05) is 6.54 Å². The molecule has 0 aliphatic carbocycles. The Balaban J connectivity index is 1.80. The van der Waals surface area contributed by atoms with Crippen LogP contribution in [0.2, 0.25) is 0 Å². The molecule has 1 aromatic heterocycles. The molecule has 114 valence electrons. The van der Waals surface area contributed by atoms with E-state index in [0.717, 1.165) is 17.5 Å². The molecular weight excluding hydrogens is 296 g/mol. The van der Waals surface area contributed by atoms with Gasteiger partial charge in [-0.1, -0.05) is 29.8 Å². The Morgan fingerprint density at radius 1 is 1.27 bits per heavy atom. The number of nitrogens with one attached hydrogen (secondary N) is 2. The van der Waals surface area contributed by atoms with E-state index in [9.17, 15) is 9.59 Å². The third-order valence-electron chi connectivity index (χ3n) is 3.82. The molecule has 1 aromatic carbocycles. The molecule has 0 saturated carbocycles. The molecule has 2 aromatic rings. The van der Waals surface area contributed by atoms with E-state index in [-0.39, 0.29) is 11.8 Å². The first-order valence-corrected chi connectivity index (χ1v) is 8.26. The third kappa shape index (κ3) is 3.04. The predicted octanol–water partition coefficient (Wildman–Crippen LogP) is 2.73. The highest BCUT2D eigenvalue weighted by molar-refractivity contribution is 7.12. The fourth-order valence-corrected chi connectivity index (χ4v) is 3.40. The fraction of sp³-hybridized carbons (Fsp3) is 0.294. The van der Waals surface area contributed by atoms with Crippen LogP contribution >= 0.6 is 11.3 Å². The van der Waals surface area contributed by atoms with Crippen LogP contribution in [-0.4, -0.2) is 24.4 Å². The molecule has 0 radical (unpaired) electrons. The van der Waals surface area contributed by atoms with E-state index in [1.165, 1.54) is 16.9 Å². The van der Waals surface area contributed by atoms with Gasteiger partial charge in [-0.25, -0.2) is 0 Å². The summed E-state index contributed by atoms with van der Waals surface area (Å²) in [5.41, 5.74) is 3.12. The normalized spacial score (nSPS) is 17.9. The van der Waals surface area contributed by atoms with Crippen LogP contribution in [0.25, 0.3) is 11.1 Å². The van der Waals surface area contributed by atoms with Crippen LogP contribution in [0.15, 0.2) is 35.7 Å². The van der Waals surface area contributed by atoms with Gasteiger partial charge in [-0.3, -0.25) is 9.59 Å². The zero-order valence-corrected chi connectivity index (χ0v) is 13.2. The van der Waals surface area contributed by atoms with Crippen molar-refractivity contribution in [3.8, 4) is 11.1 Å². The van der Waals surface area contributed by atoms with Gasteiger partial charge in [-0.05, 0) is 36.8 Å². The van der Waals surface area contributed by atoms with Crippen LogP contribution in [0.1, 0.15) is 28.1 Å². The predicted molar refractivity (Wildman–Crippen MR) is 88.0 cm³/mol. The molecule has 0 spiro atoms. The maximum Gasteiger partial charge on any atom is 0.262 e. The van der Waals surface area contributed by atoms with Gasteiger partial charge in [0, 0.05) is 12.1 Å². The zero-order chi connectivity index (χ0) is 15.5. The summed E-state index contributed by atoms with van der Waals surface area (Å²) >= 11 is 1.40. The van der Waals surface area contributed by atoms with Gasteiger partial charge in [-0.15, -0.1) is 11.3 Å². The molecular formula is C17H18N2O2S. The number of amides is 2. The number of hydrogen-bond donors (Lipinski definition) is 2. The Bertz CT molecular complexity index is 691. The van der Waals surface area contributed by atoms with Crippen molar-refractivity contribution in [1.29, 1.82) is 0 Å². The van der Waals surface area contributed by atoms with E-state index in [2.05, 4.69) is 10.6 Å². The Morgan fingerprint density at radius 2 is 2.05 bits per heavy atom. The SMILES string of the molecule is Cc1ccc(-c2ccsc2C(=O)N[C@H]2CCCNC2=O)cc1. The minimum absolute atomic E-state index is 0.0898. The highest BCUT2D eigenvalue weighted by atomic mass is 32.1. The molecule has 0 bridgehead atoms. The van der Waals surface area contributed by atoms with Crippen molar-refractivity contribution in [2.45, 2.75) is 25.8 Å². The van der Waals surface area contributed by atoms with Crippen molar-refractivity contribution in [1.82, 2.24) is 10.6 Å². The lowest BCUT2D eigenvalue weighted by Gasteiger charge is -2.22. The summed E-state index contributed by atoms with van der Waals surface area (Å²) in [5.74, 6) is -0.263. The zero-order valence-electron chi connectivity index (χ0n) is 12.4. The highest BCUT2D eigenvalue weighted by Crippen LogP contribution is 2.28. The minimum Gasteiger partial charge on any atom is -0.354 e. The number of carbonyl (C=O) groups is 2. The fourth-order valence-electron chi connectivity index (χ4n) is 2.58. The molecule has 5 heteroatoms. The molecule has 0 unspecified atom stereocenters. The first-order valence-electron chi connectivity index (χ1n) is 7.38. The van der Waals surface area contributed by atoms with Gasteiger partial charge >= 0.3 is 0 Å². The van der Waals surface area contributed by atoms with Crippen molar-refractivity contribution in [2.24, 2.45) is 0 Å². The van der Waals surface area contributed by atoms with Gasteiger partial charge in [0.2, 0.25) is 5.91 Å². The molecule has 1 aliphatic rings. The molecule has 4 nitrogen and oxygen atoms in total.